The van der Waals surface area contributed by atoms with Crippen molar-refractivity contribution < 1.29 is 9.90 Å². The van der Waals surface area contributed by atoms with Crippen LogP contribution in [-0.4, -0.2) is 33.9 Å². The van der Waals surface area contributed by atoms with E-state index in [0.717, 1.165) is 18.5 Å². The fraction of sp³-hybridized carbons (Fsp3) is 0.444. The molecule has 0 radical (unpaired) electrons. The first-order chi connectivity index (χ1) is 11.7. The molecule has 0 bridgehead atoms. The van der Waals surface area contributed by atoms with Gasteiger partial charge < -0.3 is 15.7 Å². The summed E-state index contributed by atoms with van der Waals surface area (Å²) in [6.45, 7) is 2.48. The van der Waals surface area contributed by atoms with Crippen LogP contribution in [0.25, 0.3) is 0 Å². The Morgan fingerprint density at radius 1 is 1.46 bits per heavy atom. The van der Waals surface area contributed by atoms with Crippen molar-refractivity contribution in [1.82, 2.24) is 15.1 Å². The van der Waals surface area contributed by atoms with E-state index in [4.69, 9.17) is 5.11 Å². The highest BCUT2D eigenvalue weighted by molar-refractivity contribution is 5.75. The Morgan fingerprint density at radius 2 is 2.33 bits per heavy atom. The van der Waals surface area contributed by atoms with Gasteiger partial charge in [-0.05, 0) is 37.3 Å². The molecule has 0 saturated carbocycles. The van der Waals surface area contributed by atoms with E-state index < -0.39 is 0 Å². The van der Waals surface area contributed by atoms with Gasteiger partial charge in [0.15, 0.2) is 0 Å². The van der Waals surface area contributed by atoms with Crippen LogP contribution in [0.4, 0.5) is 5.69 Å². The van der Waals surface area contributed by atoms with E-state index in [1.165, 1.54) is 23.1 Å². The number of hydrogen-bond donors (Lipinski definition) is 3. The summed E-state index contributed by atoms with van der Waals surface area (Å²) in [5.41, 5.74) is 4.98. The molecule has 3 rings (SSSR count). The molecule has 1 unspecified atom stereocenters. The van der Waals surface area contributed by atoms with E-state index >= 15 is 0 Å². The van der Waals surface area contributed by atoms with Gasteiger partial charge in [0.05, 0.1) is 24.5 Å². The molecule has 1 amide bonds. The monoisotopic (exact) mass is 328 g/mol. The summed E-state index contributed by atoms with van der Waals surface area (Å²) >= 11 is 0. The summed E-state index contributed by atoms with van der Waals surface area (Å²) < 4.78 is 1.61. The Labute approximate surface area is 141 Å². The topological polar surface area (TPSA) is 79.2 Å². The van der Waals surface area contributed by atoms with Crippen LogP contribution in [0.5, 0.6) is 0 Å². The Bertz CT molecular complexity index is 711. The SMILES string of the molecule is Cc1ccc2c(c1)C(Nc1cnn(CC(=O)NCCO)c1)CCC2. The van der Waals surface area contributed by atoms with Crippen molar-refractivity contribution in [1.29, 1.82) is 0 Å². The van der Waals surface area contributed by atoms with Crippen LogP contribution in [0.1, 0.15) is 35.6 Å². The van der Waals surface area contributed by atoms with Crippen molar-refractivity contribution in [3.05, 3.63) is 47.3 Å². The number of nitrogens with zero attached hydrogens (tertiary/aromatic N) is 2. The first kappa shape index (κ1) is 16.5. The van der Waals surface area contributed by atoms with E-state index in [0.29, 0.717) is 0 Å². The van der Waals surface area contributed by atoms with Crippen LogP contribution in [0.2, 0.25) is 0 Å². The fourth-order valence-electron chi connectivity index (χ4n) is 3.19. The van der Waals surface area contributed by atoms with Gasteiger partial charge in [-0.2, -0.15) is 5.10 Å². The summed E-state index contributed by atoms with van der Waals surface area (Å²) in [4.78, 5) is 11.7. The molecule has 1 heterocycles. The Balaban J connectivity index is 1.66. The molecule has 6 nitrogen and oxygen atoms in total. The minimum atomic E-state index is -0.155. The average Bonchev–Trinajstić information content (AvgIpc) is 3.00. The first-order valence-electron chi connectivity index (χ1n) is 8.41. The predicted molar refractivity (Wildman–Crippen MR) is 92.8 cm³/mol. The smallest absolute Gasteiger partial charge is 0.241 e. The summed E-state index contributed by atoms with van der Waals surface area (Å²) in [6, 6.07) is 6.95. The van der Waals surface area contributed by atoms with Crippen molar-refractivity contribution in [2.24, 2.45) is 0 Å². The molecular weight excluding hydrogens is 304 g/mol. The molecule has 1 aromatic carbocycles. The number of aliphatic hydroxyl groups excluding tert-OH is 1. The second kappa shape index (κ2) is 7.49. The van der Waals surface area contributed by atoms with E-state index in [2.05, 4.69) is 40.9 Å². The van der Waals surface area contributed by atoms with Crippen LogP contribution >= 0.6 is 0 Å². The predicted octanol–water partition coefficient (Wildman–Crippen LogP) is 1.79. The zero-order valence-electron chi connectivity index (χ0n) is 14.0. The molecule has 0 saturated heterocycles. The number of nitrogens with one attached hydrogen (secondary N) is 2. The van der Waals surface area contributed by atoms with Crippen LogP contribution in [0.15, 0.2) is 30.6 Å². The van der Waals surface area contributed by atoms with Gasteiger partial charge in [0, 0.05) is 12.7 Å². The maximum Gasteiger partial charge on any atom is 0.241 e. The van der Waals surface area contributed by atoms with Gasteiger partial charge in [-0.1, -0.05) is 23.8 Å². The number of amides is 1. The second-order valence-corrected chi connectivity index (χ2v) is 6.29. The lowest BCUT2D eigenvalue weighted by molar-refractivity contribution is -0.122. The van der Waals surface area contributed by atoms with Crippen LogP contribution in [-0.2, 0) is 17.8 Å². The number of carbonyl (C=O) groups excluding carboxylic acids is 1. The molecule has 0 fully saturated rings. The molecule has 1 aromatic heterocycles. The third kappa shape index (κ3) is 3.94. The average molecular weight is 328 g/mol. The Hall–Kier alpha value is -2.34. The third-order valence-electron chi connectivity index (χ3n) is 4.33. The van der Waals surface area contributed by atoms with Crippen molar-refractivity contribution >= 4 is 11.6 Å². The molecule has 1 atom stereocenters. The van der Waals surface area contributed by atoms with E-state index in [1.54, 1.807) is 10.9 Å². The van der Waals surface area contributed by atoms with Gasteiger partial charge in [-0.25, -0.2) is 0 Å². The number of carbonyl (C=O) groups is 1. The molecule has 128 valence electrons. The number of aliphatic hydroxyl groups is 1. The lowest BCUT2D eigenvalue weighted by atomic mass is 9.86. The molecule has 1 aliphatic rings. The van der Waals surface area contributed by atoms with Crippen molar-refractivity contribution in [2.45, 2.75) is 38.8 Å². The summed E-state index contributed by atoms with van der Waals surface area (Å²) in [5.74, 6) is -0.155. The fourth-order valence-corrected chi connectivity index (χ4v) is 3.19. The molecule has 0 spiro atoms. The zero-order chi connectivity index (χ0) is 16.9. The van der Waals surface area contributed by atoms with Crippen molar-refractivity contribution in [3.8, 4) is 0 Å². The molecule has 24 heavy (non-hydrogen) atoms. The Morgan fingerprint density at radius 3 is 3.17 bits per heavy atom. The van der Waals surface area contributed by atoms with Gasteiger partial charge >= 0.3 is 0 Å². The van der Waals surface area contributed by atoms with Crippen LogP contribution in [0, 0.1) is 6.92 Å². The number of benzene rings is 1. The summed E-state index contributed by atoms with van der Waals surface area (Å²) in [5, 5.41) is 19.1. The number of fused-ring (bicyclic) bond motifs is 1. The minimum absolute atomic E-state index is 0.0574. The molecule has 2 aromatic rings. The largest absolute Gasteiger partial charge is 0.395 e. The number of aromatic nitrogens is 2. The normalized spacial score (nSPS) is 16.5. The molecule has 6 heteroatoms. The van der Waals surface area contributed by atoms with E-state index in [9.17, 15) is 4.79 Å². The molecule has 0 aliphatic heterocycles. The lowest BCUT2D eigenvalue weighted by Gasteiger charge is -2.27. The number of rotatable bonds is 6. The van der Waals surface area contributed by atoms with E-state index in [1.807, 2.05) is 6.20 Å². The quantitative estimate of drug-likeness (QED) is 0.755. The first-order valence-corrected chi connectivity index (χ1v) is 8.41. The van der Waals surface area contributed by atoms with Crippen molar-refractivity contribution in [3.63, 3.8) is 0 Å². The van der Waals surface area contributed by atoms with Gasteiger partial charge in [0.25, 0.3) is 0 Å². The standard InChI is InChI=1S/C18H24N4O2/c1-13-5-6-14-3-2-4-17(16(14)9-13)21-15-10-20-22(11-15)12-18(24)19-7-8-23/h5-6,9-11,17,21,23H,2-4,7-8,12H2,1H3,(H,19,24). The lowest BCUT2D eigenvalue weighted by Crippen LogP contribution is -2.30. The summed E-state index contributed by atoms with van der Waals surface area (Å²) in [6.07, 6.45) is 7.01. The van der Waals surface area contributed by atoms with Crippen LogP contribution < -0.4 is 10.6 Å². The van der Waals surface area contributed by atoms with Gasteiger partial charge in [0.2, 0.25) is 5.91 Å². The zero-order valence-corrected chi connectivity index (χ0v) is 14.0. The van der Waals surface area contributed by atoms with Crippen molar-refractivity contribution in [2.75, 3.05) is 18.5 Å². The number of anilines is 1. The van der Waals surface area contributed by atoms with Gasteiger partial charge in [-0.3, -0.25) is 9.48 Å². The second-order valence-electron chi connectivity index (χ2n) is 6.29. The van der Waals surface area contributed by atoms with Crippen LogP contribution in [0.3, 0.4) is 0 Å². The molecular formula is C18H24N4O2. The molecule has 3 N–H and O–H groups in total. The maximum atomic E-state index is 11.7. The number of hydrogen-bond acceptors (Lipinski definition) is 4. The highest BCUT2D eigenvalue weighted by Crippen LogP contribution is 2.33. The number of aryl methyl sites for hydroxylation is 2. The third-order valence-corrected chi connectivity index (χ3v) is 4.33. The molecule has 1 aliphatic carbocycles. The minimum Gasteiger partial charge on any atom is -0.395 e. The van der Waals surface area contributed by atoms with Gasteiger partial charge in [0.1, 0.15) is 6.54 Å². The highest BCUT2D eigenvalue weighted by Gasteiger charge is 2.20. The van der Waals surface area contributed by atoms with E-state index in [-0.39, 0.29) is 31.6 Å². The Kier molecular flexibility index (Phi) is 5.15. The maximum absolute atomic E-state index is 11.7. The van der Waals surface area contributed by atoms with Gasteiger partial charge in [-0.15, -0.1) is 0 Å². The highest BCUT2D eigenvalue weighted by atomic mass is 16.3. The summed E-state index contributed by atoms with van der Waals surface area (Å²) in [7, 11) is 0.